The van der Waals surface area contributed by atoms with Crippen LogP contribution in [-0.2, 0) is 4.79 Å². The zero-order chi connectivity index (χ0) is 19.4. The van der Waals surface area contributed by atoms with Crippen molar-refractivity contribution < 1.29 is 9.21 Å². The molecule has 1 aromatic carbocycles. The van der Waals surface area contributed by atoms with Gasteiger partial charge in [-0.3, -0.25) is 4.79 Å². The van der Waals surface area contributed by atoms with E-state index in [1.54, 1.807) is 12.3 Å². The molecule has 8 heteroatoms. The van der Waals surface area contributed by atoms with Crippen LogP contribution in [0, 0.1) is 6.92 Å². The number of nitrogens with zero attached hydrogens (tertiary/aromatic N) is 4. The Bertz CT molecular complexity index is 920. The highest BCUT2D eigenvalue weighted by Crippen LogP contribution is 2.28. The summed E-state index contributed by atoms with van der Waals surface area (Å²) in [6.07, 6.45) is 2.62. The van der Waals surface area contributed by atoms with Crippen LogP contribution in [0.3, 0.4) is 0 Å². The van der Waals surface area contributed by atoms with Crippen molar-refractivity contribution >= 4 is 23.5 Å². The smallest absolute Gasteiger partial charge is 0.277 e. The SMILES string of the molecule is CC[C@@H](C)n1nccc1NC(=O)[C@@H](C)Sc1nnc(-c2ccccc2C)o1. The fourth-order valence-electron chi connectivity index (χ4n) is 2.55. The average molecular weight is 385 g/mol. The van der Waals surface area contributed by atoms with Crippen LogP contribution in [0.2, 0.25) is 0 Å². The number of hydrogen-bond acceptors (Lipinski definition) is 6. The lowest BCUT2D eigenvalue weighted by molar-refractivity contribution is -0.115. The van der Waals surface area contributed by atoms with Crippen molar-refractivity contribution in [2.45, 2.75) is 50.6 Å². The van der Waals surface area contributed by atoms with E-state index in [1.165, 1.54) is 11.8 Å². The number of hydrogen-bond donors (Lipinski definition) is 1. The Hall–Kier alpha value is -2.61. The van der Waals surface area contributed by atoms with E-state index in [9.17, 15) is 4.79 Å². The first-order valence-corrected chi connectivity index (χ1v) is 9.78. The summed E-state index contributed by atoms with van der Waals surface area (Å²) in [5.41, 5.74) is 1.95. The first kappa shape index (κ1) is 19.2. The molecule has 0 radical (unpaired) electrons. The third-order valence-corrected chi connectivity index (χ3v) is 5.29. The Labute approximate surface area is 162 Å². The molecule has 2 aromatic heterocycles. The van der Waals surface area contributed by atoms with Crippen LogP contribution < -0.4 is 5.32 Å². The Morgan fingerprint density at radius 1 is 1.26 bits per heavy atom. The van der Waals surface area contributed by atoms with Crippen molar-refractivity contribution in [3.05, 3.63) is 42.1 Å². The summed E-state index contributed by atoms with van der Waals surface area (Å²) in [7, 11) is 0. The van der Waals surface area contributed by atoms with Gasteiger partial charge in [-0.15, -0.1) is 10.2 Å². The third-order valence-electron chi connectivity index (χ3n) is 4.36. The predicted octanol–water partition coefficient (Wildman–Crippen LogP) is 4.33. The highest BCUT2D eigenvalue weighted by molar-refractivity contribution is 8.00. The monoisotopic (exact) mass is 385 g/mol. The second-order valence-electron chi connectivity index (χ2n) is 6.36. The number of aromatic nitrogens is 4. The van der Waals surface area contributed by atoms with E-state index in [2.05, 4.69) is 34.5 Å². The van der Waals surface area contributed by atoms with Gasteiger partial charge in [0.1, 0.15) is 5.82 Å². The summed E-state index contributed by atoms with van der Waals surface area (Å²) in [6, 6.07) is 9.82. The second-order valence-corrected chi connectivity index (χ2v) is 7.65. The summed E-state index contributed by atoms with van der Waals surface area (Å²) in [5, 5.41) is 15.3. The molecule has 1 N–H and O–H groups in total. The standard InChI is InChI=1S/C19H23N5O2S/c1-5-13(3)24-16(10-11-20-24)21-17(25)14(4)27-19-23-22-18(26-19)15-9-7-6-8-12(15)2/h6-11,13-14H,5H2,1-4H3,(H,21,25)/t13-,14-/m1/s1. The molecule has 3 rings (SSSR count). The van der Waals surface area contributed by atoms with Crippen LogP contribution in [-0.4, -0.2) is 31.1 Å². The van der Waals surface area contributed by atoms with Crippen LogP contribution in [0.5, 0.6) is 0 Å². The minimum absolute atomic E-state index is 0.138. The summed E-state index contributed by atoms with van der Waals surface area (Å²) in [5.74, 6) is 1.01. The predicted molar refractivity (Wildman–Crippen MR) is 106 cm³/mol. The molecule has 27 heavy (non-hydrogen) atoms. The minimum atomic E-state index is -0.393. The molecular weight excluding hydrogens is 362 g/mol. The van der Waals surface area contributed by atoms with Gasteiger partial charge >= 0.3 is 0 Å². The zero-order valence-corrected chi connectivity index (χ0v) is 16.7. The second kappa shape index (κ2) is 8.39. The Balaban J connectivity index is 1.66. The molecule has 0 aliphatic heterocycles. The molecule has 0 saturated carbocycles. The van der Waals surface area contributed by atoms with Crippen LogP contribution in [0.4, 0.5) is 5.82 Å². The van der Waals surface area contributed by atoms with Gasteiger partial charge in [-0.2, -0.15) is 5.10 Å². The van der Waals surface area contributed by atoms with Gasteiger partial charge in [-0.05, 0) is 38.8 Å². The number of aryl methyl sites for hydroxylation is 1. The minimum Gasteiger partial charge on any atom is -0.411 e. The van der Waals surface area contributed by atoms with E-state index in [4.69, 9.17) is 4.42 Å². The van der Waals surface area contributed by atoms with Crippen LogP contribution in [0.15, 0.2) is 46.2 Å². The fraction of sp³-hybridized carbons (Fsp3) is 0.368. The maximum absolute atomic E-state index is 12.5. The van der Waals surface area contributed by atoms with E-state index >= 15 is 0 Å². The first-order valence-electron chi connectivity index (χ1n) is 8.90. The largest absolute Gasteiger partial charge is 0.411 e. The van der Waals surface area contributed by atoms with Gasteiger partial charge in [-0.1, -0.05) is 36.9 Å². The number of anilines is 1. The number of thioether (sulfide) groups is 1. The molecule has 2 atom stereocenters. The quantitative estimate of drug-likeness (QED) is 0.609. The van der Waals surface area contributed by atoms with Gasteiger partial charge in [-0.25, -0.2) is 4.68 Å². The Morgan fingerprint density at radius 2 is 2.04 bits per heavy atom. The normalized spacial score (nSPS) is 13.3. The molecule has 142 valence electrons. The topological polar surface area (TPSA) is 85.8 Å². The van der Waals surface area contributed by atoms with Gasteiger partial charge in [0.15, 0.2) is 0 Å². The van der Waals surface area contributed by atoms with Crippen LogP contribution in [0.1, 0.15) is 38.8 Å². The first-order chi connectivity index (χ1) is 13.0. The van der Waals surface area contributed by atoms with Gasteiger partial charge in [0.25, 0.3) is 5.22 Å². The van der Waals surface area contributed by atoms with Crippen molar-refractivity contribution in [1.82, 2.24) is 20.0 Å². The van der Waals surface area contributed by atoms with Crippen molar-refractivity contribution in [2.24, 2.45) is 0 Å². The van der Waals surface area contributed by atoms with E-state index in [0.717, 1.165) is 17.5 Å². The number of amides is 1. The van der Waals surface area contributed by atoms with Gasteiger partial charge in [0.05, 0.1) is 17.5 Å². The van der Waals surface area contributed by atoms with Crippen molar-refractivity contribution in [3.8, 4) is 11.5 Å². The highest BCUT2D eigenvalue weighted by Gasteiger charge is 2.21. The molecule has 0 fully saturated rings. The summed E-state index contributed by atoms with van der Waals surface area (Å²) < 4.78 is 7.55. The fourth-order valence-corrected chi connectivity index (χ4v) is 3.23. The highest BCUT2D eigenvalue weighted by atomic mass is 32.2. The lowest BCUT2D eigenvalue weighted by Crippen LogP contribution is -2.24. The zero-order valence-electron chi connectivity index (χ0n) is 15.8. The van der Waals surface area contributed by atoms with E-state index in [1.807, 2.05) is 42.8 Å². The summed E-state index contributed by atoms with van der Waals surface area (Å²) >= 11 is 1.23. The molecule has 0 saturated heterocycles. The molecule has 0 unspecified atom stereocenters. The van der Waals surface area contributed by atoms with E-state index in [-0.39, 0.29) is 11.9 Å². The van der Waals surface area contributed by atoms with E-state index in [0.29, 0.717) is 16.9 Å². The van der Waals surface area contributed by atoms with E-state index < -0.39 is 5.25 Å². The summed E-state index contributed by atoms with van der Waals surface area (Å²) in [6.45, 7) is 7.94. The lowest BCUT2D eigenvalue weighted by atomic mass is 10.1. The molecule has 1 amide bonds. The lowest BCUT2D eigenvalue weighted by Gasteiger charge is -2.15. The number of carbonyl (C=O) groups is 1. The number of benzene rings is 1. The van der Waals surface area contributed by atoms with Crippen molar-refractivity contribution in [2.75, 3.05) is 5.32 Å². The molecule has 0 aliphatic rings. The molecule has 0 bridgehead atoms. The van der Waals surface area contributed by atoms with Crippen molar-refractivity contribution in [3.63, 3.8) is 0 Å². The molecule has 7 nitrogen and oxygen atoms in total. The maximum atomic E-state index is 12.5. The van der Waals surface area contributed by atoms with Gasteiger partial charge in [0, 0.05) is 11.6 Å². The third kappa shape index (κ3) is 4.39. The molecule has 0 spiro atoms. The molecular formula is C19H23N5O2S. The van der Waals surface area contributed by atoms with Crippen LogP contribution in [0.25, 0.3) is 11.5 Å². The number of carbonyl (C=O) groups excluding carboxylic acids is 1. The Morgan fingerprint density at radius 3 is 2.78 bits per heavy atom. The molecule has 2 heterocycles. The number of rotatable bonds is 7. The maximum Gasteiger partial charge on any atom is 0.277 e. The average Bonchev–Trinajstić information content (AvgIpc) is 3.31. The molecule has 0 aliphatic carbocycles. The number of nitrogens with one attached hydrogen (secondary N) is 1. The van der Waals surface area contributed by atoms with Crippen LogP contribution >= 0.6 is 11.8 Å². The summed E-state index contributed by atoms with van der Waals surface area (Å²) in [4.78, 5) is 12.5. The van der Waals surface area contributed by atoms with Gasteiger partial charge in [0.2, 0.25) is 11.8 Å². The Kier molecular flexibility index (Phi) is 5.95. The molecule has 3 aromatic rings. The van der Waals surface area contributed by atoms with Crippen molar-refractivity contribution in [1.29, 1.82) is 0 Å². The van der Waals surface area contributed by atoms with Gasteiger partial charge < -0.3 is 9.73 Å².